The third kappa shape index (κ3) is 3.33. The predicted molar refractivity (Wildman–Crippen MR) is 73.7 cm³/mol. The zero-order chi connectivity index (χ0) is 13.0. The summed E-state index contributed by atoms with van der Waals surface area (Å²) in [5.74, 6) is 0.640. The minimum Gasteiger partial charge on any atom is -0.349 e. The lowest BCUT2D eigenvalue weighted by Crippen LogP contribution is -2.42. The normalized spacial score (nSPS) is 18.3. The second-order valence-corrected chi connectivity index (χ2v) is 5.22. The average Bonchev–Trinajstić information content (AvgIpc) is 2.40. The molecule has 2 rings (SSSR count). The molecule has 3 nitrogen and oxygen atoms in total. The Morgan fingerprint density at radius 1 is 1.28 bits per heavy atom. The van der Waals surface area contributed by atoms with E-state index in [0.717, 1.165) is 31.5 Å². The predicted octanol–water partition coefficient (Wildman–Crippen LogP) is 2.11. The molecule has 1 aliphatic rings. The van der Waals surface area contributed by atoms with Gasteiger partial charge >= 0.3 is 0 Å². The van der Waals surface area contributed by atoms with E-state index in [0.29, 0.717) is 5.92 Å². The third-order valence-corrected chi connectivity index (χ3v) is 3.76. The van der Waals surface area contributed by atoms with E-state index >= 15 is 0 Å². The summed E-state index contributed by atoms with van der Waals surface area (Å²) in [5.41, 5.74) is 1.93. The number of benzene rings is 1. The first-order valence-electron chi connectivity index (χ1n) is 6.75. The van der Waals surface area contributed by atoms with Gasteiger partial charge in [-0.05, 0) is 57.8 Å². The molecule has 0 bridgehead atoms. The fraction of sp³-hybridized carbons (Fsp3) is 0.533. The van der Waals surface area contributed by atoms with E-state index in [1.807, 2.05) is 31.2 Å². The summed E-state index contributed by atoms with van der Waals surface area (Å²) in [5, 5.41) is 6.47. The van der Waals surface area contributed by atoms with E-state index in [1.54, 1.807) is 0 Å². The van der Waals surface area contributed by atoms with Crippen molar-refractivity contribution in [3.05, 3.63) is 35.4 Å². The van der Waals surface area contributed by atoms with Gasteiger partial charge in [-0.1, -0.05) is 17.7 Å². The van der Waals surface area contributed by atoms with Crippen LogP contribution in [0.1, 0.15) is 35.7 Å². The smallest absolute Gasteiger partial charge is 0.251 e. The number of aryl methyl sites for hydroxylation is 1. The summed E-state index contributed by atoms with van der Waals surface area (Å²) in [7, 11) is 0. The summed E-state index contributed by atoms with van der Waals surface area (Å²) < 4.78 is 0. The van der Waals surface area contributed by atoms with Crippen molar-refractivity contribution < 1.29 is 4.79 Å². The number of carbonyl (C=O) groups excluding carboxylic acids is 1. The summed E-state index contributed by atoms with van der Waals surface area (Å²) in [4.78, 5) is 12.1. The standard InChI is InChI=1S/C15H22N2O/c1-11-3-5-14(6-4-11)15(18)17-12(2)13-7-9-16-10-8-13/h3-6,12-13,16H,7-10H2,1-2H3,(H,17,18). The van der Waals surface area contributed by atoms with Crippen LogP contribution in [0.25, 0.3) is 0 Å². The Balaban J connectivity index is 1.91. The molecule has 1 aromatic rings. The zero-order valence-electron chi connectivity index (χ0n) is 11.2. The summed E-state index contributed by atoms with van der Waals surface area (Å²) in [6, 6.07) is 7.98. The van der Waals surface area contributed by atoms with Gasteiger partial charge < -0.3 is 10.6 Å². The first kappa shape index (κ1) is 13.1. The molecule has 0 radical (unpaired) electrons. The highest BCUT2D eigenvalue weighted by molar-refractivity contribution is 5.94. The number of piperidine rings is 1. The molecule has 0 saturated carbocycles. The lowest BCUT2D eigenvalue weighted by atomic mass is 9.91. The second kappa shape index (κ2) is 6.01. The lowest BCUT2D eigenvalue weighted by Gasteiger charge is -2.28. The molecule has 3 heteroatoms. The fourth-order valence-corrected chi connectivity index (χ4v) is 2.46. The van der Waals surface area contributed by atoms with E-state index in [9.17, 15) is 4.79 Å². The molecule has 2 N–H and O–H groups in total. The first-order chi connectivity index (χ1) is 8.66. The number of nitrogens with one attached hydrogen (secondary N) is 2. The zero-order valence-corrected chi connectivity index (χ0v) is 11.2. The van der Waals surface area contributed by atoms with Gasteiger partial charge in [0.1, 0.15) is 0 Å². The van der Waals surface area contributed by atoms with Gasteiger partial charge in [0.2, 0.25) is 0 Å². The third-order valence-electron chi connectivity index (χ3n) is 3.76. The van der Waals surface area contributed by atoms with Crippen LogP contribution in [0.15, 0.2) is 24.3 Å². The molecular weight excluding hydrogens is 224 g/mol. The molecule has 1 atom stereocenters. The molecule has 1 heterocycles. The largest absolute Gasteiger partial charge is 0.349 e. The Labute approximate surface area is 109 Å². The Hall–Kier alpha value is -1.35. The quantitative estimate of drug-likeness (QED) is 0.857. The van der Waals surface area contributed by atoms with Crippen LogP contribution in [0.4, 0.5) is 0 Å². The Morgan fingerprint density at radius 3 is 2.50 bits per heavy atom. The van der Waals surface area contributed by atoms with Crippen molar-refractivity contribution in [3.63, 3.8) is 0 Å². The highest BCUT2D eigenvalue weighted by Gasteiger charge is 2.21. The van der Waals surface area contributed by atoms with Crippen LogP contribution in [0.5, 0.6) is 0 Å². The highest BCUT2D eigenvalue weighted by atomic mass is 16.1. The molecule has 1 saturated heterocycles. The summed E-state index contributed by atoms with van der Waals surface area (Å²) >= 11 is 0. The van der Waals surface area contributed by atoms with Crippen LogP contribution in [-0.4, -0.2) is 25.0 Å². The van der Waals surface area contributed by atoms with Crippen molar-refractivity contribution in [1.82, 2.24) is 10.6 Å². The number of hydrogen-bond acceptors (Lipinski definition) is 2. The van der Waals surface area contributed by atoms with E-state index in [4.69, 9.17) is 0 Å². The summed E-state index contributed by atoms with van der Waals surface area (Å²) in [6.07, 6.45) is 2.30. The highest BCUT2D eigenvalue weighted by Crippen LogP contribution is 2.16. The molecule has 98 valence electrons. The van der Waals surface area contributed by atoms with E-state index in [-0.39, 0.29) is 11.9 Å². The van der Waals surface area contributed by atoms with Gasteiger partial charge in [0.15, 0.2) is 0 Å². The lowest BCUT2D eigenvalue weighted by molar-refractivity contribution is 0.0920. The van der Waals surface area contributed by atoms with Gasteiger partial charge in [0, 0.05) is 11.6 Å². The van der Waals surface area contributed by atoms with Crippen LogP contribution < -0.4 is 10.6 Å². The minimum absolute atomic E-state index is 0.0426. The average molecular weight is 246 g/mol. The fourth-order valence-electron chi connectivity index (χ4n) is 2.46. The van der Waals surface area contributed by atoms with E-state index in [2.05, 4.69) is 17.6 Å². The second-order valence-electron chi connectivity index (χ2n) is 5.22. The molecule has 1 amide bonds. The van der Waals surface area contributed by atoms with Crippen molar-refractivity contribution in [2.24, 2.45) is 5.92 Å². The van der Waals surface area contributed by atoms with E-state index < -0.39 is 0 Å². The van der Waals surface area contributed by atoms with Gasteiger partial charge in [-0.2, -0.15) is 0 Å². The van der Waals surface area contributed by atoms with Gasteiger partial charge in [0.25, 0.3) is 5.91 Å². The molecular formula is C15H22N2O. The number of carbonyl (C=O) groups is 1. The molecule has 1 aliphatic heterocycles. The SMILES string of the molecule is Cc1ccc(C(=O)NC(C)C2CCNCC2)cc1. The van der Waals surface area contributed by atoms with Crippen LogP contribution in [0, 0.1) is 12.8 Å². The number of rotatable bonds is 3. The molecule has 0 aromatic heterocycles. The maximum atomic E-state index is 12.1. The Kier molecular flexibility index (Phi) is 4.37. The Morgan fingerprint density at radius 2 is 1.89 bits per heavy atom. The van der Waals surface area contributed by atoms with Crippen molar-refractivity contribution >= 4 is 5.91 Å². The number of amides is 1. The molecule has 1 unspecified atom stereocenters. The van der Waals surface area contributed by atoms with Crippen LogP contribution in [0.3, 0.4) is 0 Å². The minimum atomic E-state index is 0.0426. The molecule has 1 fully saturated rings. The summed E-state index contributed by atoms with van der Waals surface area (Å²) in [6.45, 7) is 6.27. The van der Waals surface area contributed by atoms with E-state index in [1.165, 1.54) is 5.56 Å². The maximum absolute atomic E-state index is 12.1. The van der Waals surface area contributed by atoms with Crippen molar-refractivity contribution in [3.8, 4) is 0 Å². The topological polar surface area (TPSA) is 41.1 Å². The van der Waals surface area contributed by atoms with Gasteiger partial charge in [0.05, 0.1) is 0 Å². The molecule has 0 aliphatic carbocycles. The van der Waals surface area contributed by atoms with Crippen LogP contribution >= 0.6 is 0 Å². The monoisotopic (exact) mass is 246 g/mol. The van der Waals surface area contributed by atoms with Crippen LogP contribution in [-0.2, 0) is 0 Å². The van der Waals surface area contributed by atoms with Crippen molar-refractivity contribution in [2.75, 3.05) is 13.1 Å². The van der Waals surface area contributed by atoms with Crippen molar-refractivity contribution in [2.45, 2.75) is 32.7 Å². The number of hydrogen-bond donors (Lipinski definition) is 2. The van der Waals surface area contributed by atoms with Gasteiger partial charge in [-0.3, -0.25) is 4.79 Å². The first-order valence-corrected chi connectivity index (χ1v) is 6.75. The maximum Gasteiger partial charge on any atom is 0.251 e. The van der Waals surface area contributed by atoms with Gasteiger partial charge in [-0.25, -0.2) is 0 Å². The van der Waals surface area contributed by atoms with Gasteiger partial charge in [-0.15, -0.1) is 0 Å². The van der Waals surface area contributed by atoms with Crippen molar-refractivity contribution in [1.29, 1.82) is 0 Å². The molecule has 18 heavy (non-hydrogen) atoms. The Bertz CT molecular complexity index is 393. The molecule has 1 aromatic carbocycles. The molecule has 0 spiro atoms. The van der Waals surface area contributed by atoms with Crippen LogP contribution in [0.2, 0.25) is 0 Å².